The third-order valence-corrected chi connectivity index (χ3v) is 3.88. The monoisotopic (exact) mass is 226 g/mol. The summed E-state index contributed by atoms with van der Waals surface area (Å²) in [5.74, 6) is 0.159. The maximum atomic E-state index is 11.7. The van der Waals surface area contributed by atoms with E-state index in [0.717, 1.165) is 13.1 Å². The molecule has 0 aliphatic carbocycles. The van der Waals surface area contributed by atoms with Crippen LogP contribution in [0.5, 0.6) is 0 Å². The highest BCUT2D eigenvalue weighted by atomic mass is 16.5. The maximum absolute atomic E-state index is 11.7. The Balaban J connectivity index is 1.74. The van der Waals surface area contributed by atoms with Crippen LogP contribution in [0.25, 0.3) is 0 Å². The lowest BCUT2D eigenvalue weighted by Gasteiger charge is -2.53. The van der Waals surface area contributed by atoms with Crippen molar-refractivity contribution in [3.05, 3.63) is 0 Å². The fraction of sp³-hybridized carbons (Fsp3) is 0.917. The molecule has 2 aliphatic rings. The lowest BCUT2D eigenvalue weighted by molar-refractivity contribution is -0.151. The van der Waals surface area contributed by atoms with Gasteiger partial charge in [-0.15, -0.1) is 0 Å². The predicted octanol–water partition coefficient (Wildman–Crippen LogP) is 0.577. The van der Waals surface area contributed by atoms with E-state index in [1.807, 2.05) is 11.8 Å². The van der Waals surface area contributed by atoms with Crippen molar-refractivity contribution in [1.82, 2.24) is 9.80 Å². The van der Waals surface area contributed by atoms with Crippen molar-refractivity contribution in [3.8, 4) is 0 Å². The van der Waals surface area contributed by atoms with Crippen molar-refractivity contribution in [2.75, 3.05) is 46.4 Å². The van der Waals surface area contributed by atoms with Gasteiger partial charge < -0.3 is 14.5 Å². The van der Waals surface area contributed by atoms with E-state index in [1.165, 1.54) is 25.9 Å². The quantitative estimate of drug-likeness (QED) is 0.705. The average Bonchev–Trinajstić information content (AvgIpc) is 2.24. The lowest BCUT2D eigenvalue weighted by Crippen LogP contribution is -2.62. The molecule has 1 spiro atoms. The van der Waals surface area contributed by atoms with E-state index in [1.54, 1.807) is 0 Å². The summed E-state index contributed by atoms with van der Waals surface area (Å²) in [6, 6.07) is 0. The van der Waals surface area contributed by atoms with Crippen LogP contribution >= 0.6 is 0 Å². The van der Waals surface area contributed by atoms with Gasteiger partial charge in [-0.1, -0.05) is 0 Å². The first-order chi connectivity index (χ1) is 7.65. The van der Waals surface area contributed by atoms with Crippen LogP contribution in [0.4, 0.5) is 0 Å². The molecule has 0 aromatic rings. The summed E-state index contributed by atoms with van der Waals surface area (Å²) in [7, 11) is 2.17. The summed E-state index contributed by atoms with van der Waals surface area (Å²) in [6.07, 6.45) is 2.48. The topological polar surface area (TPSA) is 32.8 Å². The summed E-state index contributed by atoms with van der Waals surface area (Å²) >= 11 is 0. The van der Waals surface area contributed by atoms with Gasteiger partial charge in [0.05, 0.1) is 0 Å². The second-order valence-corrected chi connectivity index (χ2v) is 5.19. The molecule has 0 unspecified atom stereocenters. The highest BCUT2D eigenvalue weighted by Crippen LogP contribution is 2.39. The van der Waals surface area contributed by atoms with Crippen molar-refractivity contribution in [2.24, 2.45) is 5.41 Å². The number of nitrogens with zero attached hydrogens (tertiary/aromatic N) is 2. The molecule has 92 valence electrons. The molecule has 2 fully saturated rings. The lowest BCUT2D eigenvalue weighted by atomic mass is 9.72. The first-order valence-corrected chi connectivity index (χ1v) is 6.19. The van der Waals surface area contributed by atoms with Gasteiger partial charge in [-0.05, 0) is 39.9 Å². The molecule has 0 N–H and O–H groups in total. The highest BCUT2D eigenvalue weighted by Gasteiger charge is 2.45. The molecule has 0 atom stereocenters. The fourth-order valence-corrected chi connectivity index (χ4v) is 2.63. The Morgan fingerprint density at radius 1 is 1.31 bits per heavy atom. The number of carbonyl (C=O) groups excluding carboxylic acids is 1. The van der Waals surface area contributed by atoms with Crippen LogP contribution in [0.1, 0.15) is 19.8 Å². The largest absolute Gasteiger partial charge is 0.372 e. The molecule has 2 heterocycles. The zero-order valence-corrected chi connectivity index (χ0v) is 10.4. The molecule has 16 heavy (non-hydrogen) atoms. The molecule has 2 aliphatic heterocycles. The Kier molecular flexibility index (Phi) is 3.50. The van der Waals surface area contributed by atoms with Crippen molar-refractivity contribution in [1.29, 1.82) is 0 Å². The van der Waals surface area contributed by atoms with Crippen LogP contribution < -0.4 is 0 Å². The van der Waals surface area contributed by atoms with Gasteiger partial charge >= 0.3 is 0 Å². The molecule has 4 heteroatoms. The number of piperidine rings is 1. The average molecular weight is 226 g/mol. The zero-order chi connectivity index (χ0) is 11.6. The third-order valence-electron chi connectivity index (χ3n) is 3.88. The van der Waals surface area contributed by atoms with E-state index >= 15 is 0 Å². The normalized spacial score (nSPS) is 24.5. The van der Waals surface area contributed by atoms with Crippen molar-refractivity contribution >= 4 is 5.91 Å². The standard InChI is InChI=1S/C12H22N2O2/c1-3-16-8-11(15)14-9-12(10-14)4-6-13(2)7-5-12/h3-10H2,1-2H3. The highest BCUT2D eigenvalue weighted by molar-refractivity contribution is 5.78. The molecule has 0 aromatic carbocycles. The molecule has 4 nitrogen and oxygen atoms in total. The minimum Gasteiger partial charge on any atom is -0.372 e. The summed E-state index contributed by atoms with van der Waals surface area (Å²) in [4.78, 5) is 16.0. The zero-order valence-electron chi connectivity index (χ0n) is 10.4. The predicted molar refractivity (Wildman–Crippen MR) is 62.2 cm³/mol. The summed E-state index contributed by atoms with van der Waals surface area (Å²) in [5, 5.41) is 0. The Hall–Kier alpha value is -0.610. The minimum absolute atomic E-state index is 0.159. The van der Waals surface area contributed by atoms with E-state index < -0.39 is 0 Å². The molecule has 1 amide bonds. The van der Waals surface area contributed by atoms with E-state index in [0.29, 0.717) is 12.0 Å². The smallest absolute Gasteiger partial charge is 0.248 e. The number of hydrogen-bond acceptors (Lipinski definition) is 3. The molecule has 0 radical (unpaired) electrons. The van der Waals surface area contributed by atoms with Gasteiger partial charge in [0.1, 0.15) is 6.61 Å². The Labute approximate surface area is 97.5 Å². The number of amides is 1. The molecular formula is C12H22N2O2. The Bertz CT molecular complexity index is 252. The second-order valence-electron chi connectivity index (χ2n) is 5.19. The summed E-state index contributed by atoms with van der Waals surface area (Å²) in [6.45, 7) is 7.05. The first kappa shape index (κ1) is 11.9. The van der Waals surface area contributed by atoms with E-state index in [9.17, 15) is 4.79 Å². The number of rotatable bonds is 3. The molecule has 0 aromatic heterocycles. The minimum atomic E-state index is 0.159. The van der Waals surface area contributed by atoms with E-state index in [4.69, 9.17) is 4.74 Å². The van der Waals surface area contributed by atoms with Crippen molar-refractivity contribution in [2.45, 2.75) is 19.8 Å². The van der Waals surface area contributed by atoms with Crippen LogP contribution in [-0.2, 0) is 9.53 Å². The SMILES string of the molecule is CCOCC(=O)N1CC2(CCN(C)CC2)C1. The fourth-order valence-electron chi connectivity index (χ4n) is 2.63. The van der Waals surface area contributed by atoms with Gasteiger partial charge in [-0.3, -0.25) is 4.79 Å². The van der Waals surface area contributed by atoms with Crippen LogP contribution in [0.15, 0.2) is 0 Å². The van der Waals surface area contributed by atoms with Gasteiger partial charge in [0, 0.05) is 25.1 Å². The van der Waals surface area contributed by atoms with Gasteiger partial charge in [0.25, 0.3) is 0 Å². The summed E-state index contributed by atoms with van der Waals surface area (Å²) in [5.41, 5.74) is 0.439. The second kappa shape index (κ2) is 4.72. The third kappa shape index (κ3) is 2.38. The van der Waals surface area contributed by atoms with Gasteiger partial charge in [0.15, 0.2) is 0 Å². The number of hydrogen-bond donors (Lipinski definition) is 0. The number of ether oxygens (including phenoxy) is 1. The van der Waals surface area contributed by atoms with Crippen molar-refractivity contribution in [3.63, 3.8) is 0 Å². The van der Waals surface area contributed by atoms with Gasteiger partial charge in [0.2, 0.25) is 5.91 Å². The molecular weight excluding hydrogens is 204 g/mol. The van der Waals surface area contributed by atoms with E-state index in [-0.39, 0.29) is 12.5 Å². The Morgan fingerprint density at radius 3 is 2.50 bits per heavy atom. The van der Waals surface area contributed by atoms with Gasteiger partial charge in [-0.25, -0.2) is 0 Å². The number of likely N-dealkylation sites (tertiary alicyclic amines) is 2. The maximum Gasteiger partial charge on any atom is 0.248 e. The van der Waals surface area contributed by atoms with Crippen LogP contribution in [0, 0.1) is 5.41 Å². The molecule has 0 bridgehead atoms. The molecule has 2 rings (SSSR count). The molecule has 2 saturated heterocycles. The van der Waals surface area contributed by atoms with Gasteiger partial charge in [-0.2, -0.15) is 0 Å². The molecule has 0 saturated carbocycles. The number of carbonyl (C=O) groups is 1. The van der Waals surface area contributed by atoms with Crippen LogP contribution in [0.3, 0.4) is 0 Å². The van der Waals surface area contributed by atoms with Crippen LogP contribution in [-0.4, -0.2) is 62.1 Å². The van der Waals surface area contributed by atoms with Crippen LogP contribution in [0.2, 0.25) is 0 Å². The summed E-state index contributed by atoms with van der Waals surface area (Å²) < 4.78 is 5.15. The first-order valence-electron chi connectivity index (χ1n) is 6.19. The Morgan fingerprint density at radius 2 is 1.94 bits per heavy atom. The van der Waals surface area contributed by atoms with Crippen molar-refractivity contribution < 1.29 is 9.53 Å². The van der Waals surface area contributed by atoms with E-state index in [2.05, 4.69) is 11.9 Å².